The van der Waals surface area contributed by atoms with Gasteiger partial charge in [-0.15, -0.1) is 0 Å². The number of nitro groups is 1. The van der Waals surface area contributed by atoms with Crippen LogP contribution in [0, 0.1) is 15.9 Å². The van der Waals surface area contributed by atoms with Gasteiger partial charge in [0, 0.05) is 36.5 Å². The highest BCUT2D eigenvalue weighted by molar-refractivity contribution is 5.99. The standard InChI is InChI=1S/C17H19FN4O3/c1-21(2)10-12-4-3-11(7-15(12)18)9-20-17(23)14-8-13(22(24)25)5-6-16(14)19/h3-8H,9-10,19H2,1-2H3,(H,20,23). The number of carbonyl (C=O) groups is 1. The van der Waals surface area contributed by atoms with Crippen molar-refractivity contribution in [1.29, 1.82) is 0 Å². The van der Waals surface area contributed by atoms with E-state index in [1.807, 2.05) is 19.0 Å². The van der Waals surface area contributed by atoms with E-state index in [4.69, 9.17) is 5.73 Å². The van der Waals surface area contributed by atoms with Gasteiger partial charge >= 0.3 is 0 Å². The molecule has 0 saturated carbocycles. The van der Waals surface area contributed by atoms with E-state index in [9.17, 15) is 19.3 Å². The first-order valence-corrected chi connectivity index (χ1v) is 7.52. The smallest absolute Gasteiger partial charge is 0.270 e. The van der Waals surface area contributed by atoms with Gasteiger partial charge in [0.2, 0.25) is 0 Å². The molecular weight excluding hydrogens is 327 g/mol. The molecule has 0 aliphatic carbocycles. The van der Waals surface area contributed by atoms with Crippen molar-refractivity contribution < 1.29 is 14.1 Å². The van der Waals surface area contributed by atoms with Gasteiger partial charge in [-0.05, 0) is 31.8 Å². The monoisotopic (exact) mass is 346 g/mol. The number of rotatable bonds is 6. The highest BCUT2D eigenvalue weighted by Gasteiger charge is 2.15. The third-order valence-electron chi connectivity index (χ3n) is 3.55. The van der Waals surface area contributed by atoms with Gasteiger partial charge in [-0.25, -0.2) is 4.39 Å². The van der Waals surface area contributed by atoms with Crippen molar-refractivity contribution in [3.8, 4) is 0 Å². The number of hydrogen-bond donors (Lipinski definition) is 2. The zero-order valence-electron chi connectivity index (χ0n) is 14.0. The molecule has 8 heteroatoms. The van der Waals surface area contributed by atoms with Gasteiger partial charge in [0.15, 0.2) is 0 Å². The zero-order valence-corrected chi connectivity index (χ0v) is 14.0. The molecule has 0 saturated heterocycles. The lowest BCUT2D eigenvalue weighted by Gasteiger charge is -2.12. The minimum Gasteiger partial charge on any atom is -0.398 e. The first-order chi connectivity index (χ1) is 11.8. The summed E-state index contributed by atoms with van der Waals surface area (Å²) >= 11 is 0. The number of halogens is 1. The van der Waals surface area contributed by atoms with Gasteiger partial charge in [0.05, 0.1) is 10.5 Å². The molecule has 132 valence electrons. The minimum atomic E-state index is -0.602. The molecule has 0 aliphatic heterocycles. The molecule has 0 heterocycles. The van der Waals surface area contributed by atoms with Crippen LogP contribution < -0.4 is 11.1 Å². The lowest BCUT2D eigenvalue weighted by atomic mass is 10.1. The average molecular weight is 346 g/mol. The van der Waals surface area contributed by atoms with Crippen molar-refractivity contribution in [3.63, 3.8) is 0 Å². The summed E-state index contributed by atoms with van der Waals surface area (Å²) in [6.45, 7) is 0.558. The zero-order chi connectivity index (χ0) is 18.6. The van der Waals surface area contributed by atoms with Gasteiger partial charge in [-0.1, -0.05) is 12.1 Å². The fourth-order valence-corrected chi connectivity index (χ4v) is 2.30. The summed E-state index contributed by atoms with van der Waals surface area (Å²) < 4.78 is 14.0. The highest BCUT2D eigenvalue weighted by Crippen LogP contribution is 2.20. The fourth-order valence-electron chi connectivity index (χ4n) is 2.30. The molecule has 0 unspecified atom stereocenters. The lowest BCUT2D eigenvalue weighted by molar-refractivity contribution is -0.384. The van der Waals surface area contributed by atoms with Crippen molar-refractivity contribution in [1.82, 2.24) is 10.2 Å². The second-order valence-corrected chi connectivity index (χ2v) is 5.87. The van der Waals surface area contributed by atoms with Crippen LogP contribution >= 0.6 is 0 Å². The van der Waals surface area contributed by atoms with Crippen molar-refractivity contribution in [2.75, 3.05) is 19.8 Å². The summed E-state index contributed by atoms with van der Waals surface area (Å²) in [7, 11) is 3.69. The van der Waals surface area contributed by atoms with Crippen LogP contribution in [-0.4, -0.2) is 29.8 Å². The van der Waals surface area contributed by atoms with E-state index in [0.717, 1.165) is 6.07 Å². The summed E-state index contributed by atoms with van der Waals surface area (Å²) in [6, 6.07) is 8.40. The number of carbonyl (C=O) groups excluding carboxylic acids is 1. The molecule has 2 rings (SSSR count). The van der Waals surface area contributed by atoms with Gasteiger partial charge in [-0.3, -0.25) is 14.9 Å². The Labute approximate surface area is 144 Å². The second kappa shape index (κ2) is 7.71. The number of non-ortho nitro benzene ring substituents is 1. The van der Waals surface area contributed by atoms with Crippen molar-refractivity contribution >= 4 is 17.3 Å². The minimum absolute atomic E-state index is 0.0129. The maximum Gasteiger partial charge on any atom is 0.270 e. The number of nitro benzene ring substituents is 1. The molecule has 0 spiro atoms. The predicted molar refractivity (Wildman–Crippen MR) is 92.5 cm³/mol. The Bertz CT molecular complexity index is 808. The lowest BCUT2D eigenvalue weighted by Crippen LogP contribution is -2.24. The number of nitrogens with zero attached hydrogens (tertiary/aromatic N) is 2. The summed E-state index contributed by atoms with van der Waals surface area (Å²) in [5.41, 5.74) is 6.76. The molecule has 0 bridgehead atoms. The van der Waals surface area contributed by atoms with Crippen molar-refractivity contribution in [2.24, 2.45) is 0 Å². The maximum atomic E-state index is 14.0. The predicted octanol–water partition coefficient (Wildman–Crippen LogP) is 2.31. The van der Waals surface area contributed by atoms with Crippen LogP contribution in [0.25, 0.3) is 0 Å². The number of benzene rings is 2. The summed E-state index contributed by atoms with van der Waals surface area (Å²) in [4.78, 5) is 24.2. The summed E-state index contributed by atoms with van der Waals surface area (Å²) in [6.07, 6.45) is 0. The molecule has 0 radical (unpaired) electrons. The molecule has 0 atom stereocenters. The largest absolute Gasteiger partial charge is 0.398 e. The van der Waals surface area contributed by atoms with Gasteiger partial charge in [-0.2, -0.15) is 0 Å². The average Bonchev–Trinajstić information content (AvgIpc) is 2.54. The van der Waals surface area contributed by atoms with E-state index >= 15 is 0 Å². The van der Waals surface area contributed by atoms with E-state index in [-0.39, 0.29) is 29.3 Å². The molecule has 0 fully saturated rings. The number of nitrogens with two attached hydrogens (primary N) is 1. The molecular formula is C17H19FN4O3. The Kier molecular flexibility index (Phi) is 5.66. The van der Waals surface area contributed by atoms with Crippen molar-refractivity contribution in [2.45, 2.75) is 13.1 Å². The summed E-state index contributed by atoms with van der Waals surface area (Å²) in [5.74, 6) is -0.908. The third-order valence-corrected chi connectivity index (χ3v) is 3.55. The van der Waals surface area contributed by atoms with Crippen LogP contribution in [0.15, 0.2) is 36.4 Å². The van der Waals surface area contributed by atoms with Crippen LogP contribution in [0.2, 0.25) is 0 Å². The molecule has 0 aromatic heterocycles. The molecule has 3 N–H and O–H groups in total. The number of nitrogens with one attached hydrogen (secondary N) is 1. The number of anilines is 1. The number of hydrogen-bond acceptors (Lipinski definition) is 5. The van der Waals surface area contributed by atoms with Crippen LogP contribution in [0.1, 0.15) is 21.5 Å². The van der Waals surface area contributed by atoms with Crippen LogP contribution in [-0.2, 0) is 13.1 Å². The van der Waals surface area contributed by atoms with E-state index < -0.39 is 10.8 Å². The highest BCUT2D eigenvalue weighted by atomic mass is 19.1. The van der Waals surface area contributed by atoms with Gasteiger partial charge < -0.3 is 16.0 Å². The van der Waals surface area contributed by atoms with Crippen molar-refractivity contribution in [3.05, 3.63) is 69.0 Å². The Hall–Kier alpha value is -3.00. The van der Waals surface area contributed by atoms with E-state index in [2.05, 4.69) is 5.32 Å². The topological polar surface area (TPSA) is 102 Å². The maximum absolute atomic E-state index is 14.0. The normalized spacial score (nSPS) is 10.7. The van der Waals surface area contributed by atoms with Gasteiger partial charge in [0.1, 0.15) is 5.82 Å². The quantitative estimate of drug-likeness (QED) is 0.475. The molecule has 2 aromatic carbocycles. The van der Waals surface area contributed by atoms with E-state index in [1.165, 1.54) is 18.2 Å². The SMILES string of the molecule is CN(C)Cc1ccc(CNC(=O)c2cc([N+](=O)[O-])ccc2N)cc1F. The molecule has 7 nitrogen and oxygen atoms in total. The number of nitrogen functional groups attached to an aromatic ring is 1. The van der Waals surface area contributed by atoms with E-state index in [0.29, 0.717) is 17.7 Å². The third kappa shape index (κ3) is 4.74. The molecule has 0 aliphatic rings. The molecule has 2 aromatic rings. The summed E-state index contributed by atoms with van der Waals surface area (Å²) in [5, 5.41) is 13.4. The van der Waals surface area contributed by atoms with E-state index in [1.54, 1.807) is 12.1 Å². The molecule has 1 amide bonds. The first-order valence-electron chi connectivity index (χ1n) is 7.52. The van der Waals surface area contributed by atoms with Crippen LogP contribution in [0.5, 0.6) is 0 Å². The Balaban J connectivity index is 2.09. The fraction of sp³-hybridized carbons (Fsp3) is 0.235. The Morgan fingerprint density at radius 3 is 2.60 bits per heavy atom. The van der Waals surface area contributed by atoms with Crippen LogP contribution in [0.4, 0.5) is 15.8 Å². The second-order valence-electron chi connectivity index (χ2n) is 5.87. The van der Waals surface area contributed by atoms with Crippen LogP contribution in [0.3, 0.4) is 0 Å². The van der Waals surface area contributed by atoms with Gasteiger partial charge in [0.25, 0.3) is 11.6 Å². The molecule has 25 heavy (non-hydrogen) atoms. The Morgan fingerprint density at radius 1 is 1.28 bits per heavy atom. The Morgan fingerprint density at radius 2 is 2.00 bits per heavy atom. The number of amides is 1. The first kappa shape index (κ1) is 18.3.